The molecule has 0 aliphatic heterocycles. The molecule has 0 aliphatic carbocycles. The summed E-state index contributed by atoms with van der Waals surface area (Å²) < 4.78 is 13.0. The summed E-state index contributed by atoms with van der Waals surface area (Å²) in [4.78, 5) is 12.0. The van der Waals surface area contributed by atoms with Crippen molar-refractivity contribution < 1.29 is 9.18 Å². The van der Waals surface area contributed by atoms with Crippen LogP contribution in [0.5, 0.6) is 0 Å². The summed E-state index contributed by atoms with van der Waals surface area (Å²) in [5, 5.41) is 2.98. The second kappa shape index (κ2) is 5.28. The smallest absolute Gasteiger partial charge is 0.257 e. The largest absolute Gasteiger partial charge is 0.396 e. The number of benzene rings is 2. The highest BCUT2D eigenvalue weighted by molar-refractivity contribution is 6.34. The second-order valence-electron chi connectivity index (χ2n) is 4.17. The normalized spacial score (nSPS) is 10.3. The Kier molecular flexibility index (Phi) is 3.71. The molecule has 0 saturated heterocycles. The van der Waals surface area contributed by atoms with Gasteiger partial charge in [0, 0.05) is 5.69 Å². The van der Waals surface area contributed by atoms with Gasteiger partial charge in [0.1, 0.15) is 5.82 Å². The number of nitrogens with two attached hydrogens (primary N) is 1. The number of carbonyl (C=O) groups is 1. The fourth-order valence-corrected chi connectivity index (χ4v) is 1.95. The zero-order chi connectivity index (χ0) is 14.0. The van der Waals surface area contributed by atoms with Crippen LogP contribution in [-0.4, -0.2) is 5.91 Å². The molecule has 1 amide bonds. The van der Waals surface area contributed by atoms with Crippen molar-refractivity contribution in [2.24, 2.45) is 0 Å². The number of anilines is 2. The van der Waals surface area contributed by atoms with Gasteiger partial charge in [0.05, 0.1) is 16.3 Å². The van der Waals surface area contributed by atoms with Gasteiger partial charge in [-0.05, 0) is 42.8 Å². The van der Waals surface area contributed by atoms with Gasteiger partial charge in [-0.2, -0.15) is 0 Å². The summed E-state index contributed by atoms with van der Waals surface area (Å²) >= 11 is 6.00. The first-order valence-corrected chi connectivity index (χ1v) is 5.97. The van der Waals surface area contributed by atoms with Crippen LogP contribution in [0.15, 0.2) is 36.4 Å². The molecule has 0 spiro atoms. The Morgan fingerprint density at radius 1 is 1.26 bits per heavy atom. The number of aryl methyl sites for hydroxylation is 1. The molecule has 0 unspecified atom stereocenters. The third kappa shape index (κ3) is 3.03. The molecule has 0 radical (unpaired) electrons. The Hall–Kier alpha value is -2.07. The van der Waals surface area contributed by atoms with E-state index >= 15 is 0 Å². The molecule has 98 valence electrons. The van der Waals surface area contributed by atoms with Crippen LogP contribution < -0.4 is 11.1 Å². The molecule has 3 N–H and O–H groups in total. The number of amides is 1. The number of nitrogen functional groups attached to an aromatic ring is 1. The van der Waals surface area contributed by atoms with E-state index in [-0.39, 0.29) is 11.6 Å². The minimum Gasteiger partial charge on any atom is -0.396 e. The second-order valence-corrected chi connectivity index (χ2v) is 4.58. The van der Waals surface area contributed by atoms with E-state index in [9.17, 15) is 9.18 Å². The van der Waals surface area contributed by atoms with Gasteiger partial charge < -0.3 is 11.1 Å². The fraction of sp³-hybridized carbons (Fsp3) is 0.0714. The van der Waals surface area contributed by atoms with E-state index in [1.807, 2.05) is 6.92 Å². The Morgan fingerprint density at radius 2 is 2.00 bits per heavy atom. The van der Waals surface area contributed by atoms with Gasteiger partial charge in [-0.25, -0.2) is 4.39 Å². The fourth-order valence-electron chi connectivity index (χ4n) is 1.62. The Balaban J connectivity index is 2.23. The lowest BCUT2D eigenvalue weighted by Crippen LogP contribution is -2.12. The summed E-state index contributed by atoms with van der Waals surface area (Å²) in [6.07, 6.45) is 0. The van der Waals surface area contributed by atoms with Crippen LogP contribution in [0.2, 0.25) is 5.02 Å². The predicted octanol–water partition coefficient (Wildman–Crippen LogP) is 3.62. The quantitative estimate of drug-likeness (QED) is 0.824. The summed E-state index contributed by atoms with van der Waals surface area (Å²) in [6.45, 7) is 1.88. The standard InChI is InChI=1S/C14H12ClFN2O/c1-8-2-4-10(11(15)6-8)14(19)18-9-3-5-12(16)13(17)7-9/h2-7H,17H2,1H3,(H,18,19). The maximum absolute atomic E-state index is 13.0. The van der Waals surface area contributed by atoms with E-state index in [4.69, 9.17) is 17.3 Å². The summed E-state index contributed by atoms with van der Waals surface area (Å²) in [7, 11) is 0. The zero-order valence-corrected chi connectivity index (χ0v) is 11.0. The van der Waals surface area contributed by atoms with Crippen LogP contribution in [0, 0.1) is 12.7 Å². The monoisotopic (exact) mass is 278 g/mol. The first-order valence-electron chi connectivity index (χ1n) is 5.60. The molecule has 0 fully saturated rings. The predicted molar refractivity (Wildman–Crippen MR) is 75.0 cm³/mol. The van der Waals surface area contributed by atoms with Crippen molar-refractivity contribution in [1.29, 1.82) is 0 Å². The molecule has 5 heteroatoms. The Bertz CT molecular complexity index is 643. The maximum Gasteiger partial charge on any atom is 0.257 e. The molecular weight excluding hydrogens is 267 g/mol. The number of halogens is 2. The molecular formula is C14H12ClFN2O. The van der Waals surface area contributed by atoms with Crippen molar-refractivity contribution >= 4 is 28.9 Å². The molecule has 2 aromatic carbocycles. The van der Waals surface area contributed by atoms with Gasteiger partial charge in [-0.1, -0.05) is 17.7 Å². The molecule has 0 heterocycles. The summed E-state index contributed by atoms with van der Waals surface area (Å²) in [6, 6.07) is 9.12. The molecule has 2 aromatic rings. The lowest BCUT2D eigenvalue weighted by Gasteiger charge is -2.08. The molecule has 0 aromatic heterocycles. The van der Waals surface area contributed by atoms with Crippen molar-refractivity contribution in [1.82, 2.24) is 0 Å². The van der Waals surface area contributed by atoms with Crippen LogP contribution in [0.1, 0.15) is 15.9 Å². The first-order chi connectivity index (χ1) is 8.97. The SMILES string of the molecule is Cc1ccc(C(=O)Nc2ccc(F)c(N)c2)c(Cl)c1. The van der Waals surface area contributed by atoms with E-state index in [1.54, 1.807) is 18.2 Å². The molecule has 0 saturated carbocycles. The van der Waals surface area contributed by atoms with Crippen molar-refractivity contribution in [2.75, 3.05) is 11.1 Å². The van der Waals surface area contributed by atoms with E-state index < -0.39 is 5.82 Å². The minimum absolute atomic E-state index is 0.0206. The maximum atomic E-state index is 13.0. The van der Waals surface area contributed by atoms with Gasteiger partial charge in [0.2, 0.25) is 0 Å². The van der Waals surface area contributed by atoms with E-state index in [0.717, 1.165) is 5.56 Å². The lowest BCUT2D eigenvalue weighted by atomic mass is 10.1. The molecule has 19 heavy (non-hydrogen) atoms. The third-order valence-corrected chi connectivity index (χ3v) is 2.94. The van der Waals surface area contributed by atoms with Crippen molar-refractivity contribution in [3.05, 3.63) is 58.4 Å². The van der Waals surface area contributed by atoms with Crippen molar-refractivity contribution in [3.8, 4) is 0 Å². The number of rotatable bonds is 2. The number of carbonyl (C=O) groups excluding carboxylic acids is 1. The van der Waals surface area contributed by atoms with Crippen LogP contribution in [0.4, 0.5) is 15.8 Å². The van der Waals surface area contributed by atoms with Gasteiger partial charge in [0.15, 0.2) is 0 Å². The molecule has 0 atom stereocenters. The van der Waals surface area contributed by atoms with Crippen LogP contribution in [0.25, 0.3) is 0 Å². The molecule has 2 rings (SSSR count). The highest BCUT2D eigenvalue weighted by Gasteiger charge is 2.11. The first kappa shape index (κ1) is 13.4. The zero-order valence-electron chi connectivity index (χ0n) is 10.2. The highest BCUT2D eigenvalue weighted by atomic mass is 35.5. The minimum atomic E-state index is -0.522. The molecule has 0 aliphatic rings. The van der Waals surface area contributed by atoms with Crippen LogP contribution in [0.3, 0.4) is 0 Å². The van der Waals surface area contributed by atoms with Gasteiger partial charge in [0.25, 0.3) is 5.91 Å². The van der Waals surface area contributed by atoms with Crippen molar-refractivity contribution in [2.45, 2.75) is 6.92 Å². The average molecular weight is 279 g/mol. The Labute approximate surface area is 115 Å². The third-order valence-electron chi connectivity index (χ3n) is 2.62. The van der Waals surface area contributed by atoms with Crippen LogP contribution >= 0.6 is 11.6 Å². The molecule has 0 bridgehead atoms. The average Bonchev–Trinajstić information content (AvgIpc) is 2.33. The van der Waals surface area contributed by atoms with E-state index in [2.05, 4.69) is 5.32 Å². The van der Waals surface area contributed by atoms with E-state index in [1.165, 1.54) is 18.2 Å². The van der Waals surface area contributed by atoms with Gasteiger partial charge in [-0.15, -0.1) is 0 Å². The Morgan fingerprint density at radius 3 is 2.63 bits per heavy atom. The van der Waals surface area contributed by atoms with Gasteiger partial charge >= 0.3 is 0 Å². The van der Waals surface area contributed by atoms with Crippen LogP contribution in [-0.2, 0) is 0 Å². The van der Waals surface area contributed by atoms with E-state index in [0.29, 0.717) is 16.3 Å². The summed E-state index contributed by atoms with van der Waals surface area (Å²) in [5.74, 6) is -0.887. The topological polar surface area (TPSA) is 55.1 Å². The lowest BCUT2D eigenvalue weighted by molar-refractivity contribution is 0.102. The number of hydrogen-bond acceptors (Lipinski definition) is 2. The number of nitrogens with one attached hydrogen (secondary N) is 1. The highest BCUT2D eigenvalue weighted by Crippen LogP contribution is 2.21. The number of hydrogen-bond donors (Lipinski definition) is 2. The van der Waals surface area contributed by atoms with Crippen molar-refractivity contribution in [3.63, 3.8) is 0 Å². The van der Waals surface area contributed by atoms with Gasteiger partial charge in [-0.3, -0.25) is 4.79 Å². The molecule has 3 nitrogen and oxygen atoms in total. The summed E-state index contributed by atoms with van der Waals surface area (Å²) in [5.41, 5.74) is 7.15.